The fourth-order valence-electron chi connectivity index (χ4n) is 2.42. The number of carbonyl (C=O) groups is 1. The van der Waals surface area contributed by atoms with Gasteiger partial charge in [-0.25, -0.2) is 0 Å². The number of hydrogen-bond donors (Lipinski definition) is 1. The van der Waals surface area contributed by atoms with E-state index in [0.717, 1.165) is 33.2 Å². The van der Waals surface area contributed by atoms with Gasteiger partial charge in [-0.05, 0) is 72.6 Å². The number of hydrogen-bond acceptors (Lipinski definition) is 2. The van der Waals surface area contributed by atoms with Crippen LogP contribution in [0.1, 0.15) is 23.2 Å². The van der Waals surface area contributed by atoms with Crippen LogP contribution in [-0.4, -0.2) is 37.5 Å². The topological polar surface area (TPSA) is 32.3 Å². The van der Waals surface area contributed by atoms with Crippen LogP contribution in [0.2, 0.25) is 0 Å². The molecule has 1 aliphatic heterocycles. The summed E-state index contributed by atoms with van der Waals surface area (Å²) in [6.07, 6.45) is 2.42. The highest BCUT2D eigenvalue weighted by atomic mass is 127. The predicted molar refractivity (Wildman–Crippen MR) is 89.4 cm³/mol. The van der Waals surface area contributed by atoms with Gasteiger partial charge in [-0.1, -0.05) is 15.9 Å². The van der Waals surface area contributed by atoms with Crippen molar-refractivity contribution in [1.82, 2.24) is 10.2 Å². The van der Waals surface area contributed by atoms with Gasteiger partial charge >= 0.3 is 0 Å². The number of benzene rings is 1. The highest BCUT2D eigenvalue weighted by Crippen LogP contribution is 2.20. The van der Waals surface area contributed by atoms with E-state index in [1.54, 1.807) is 0 Å². The molecule has 0 spiro atoms. The van der Waals surface area contributed by atoms with Crippen LogP contribution in [0, 0.1) is 9.49 Å². The summed E-state index contributed by atoms with van der Waals surface area (Å²) >= 11 is 5.64. The minimum Gasteiger partial charge on any atom is -0.341 e. The van der Waals surface area contributed by atoms with E-state index < -0.39 is 0 Å². The quantitative estimate of drug-likeness (QED) is 0.738. The first-order valence-corrected chi connectivity index (χ1v) is 8.36. The molecule has 1 amide bonds. The number of rotatable bonds is 3. The van der Waals surface area contributed by atoms with E-state index in [2.05, 4.69) is 43.8 Å². The summed E-state index contributed by atoms with van der Waals surface area (Å²) in [5.74, 6) is 0.684. The molecule has 19 heavy (non-hydrogen) atoms. The molecule has 0 saturated carbocycles. The zero-order valence-corrected chi connectivity index (χ0v) is 14.7. The molecule has 1 aromatic rings. The van der Waals surface area contributed by atoms with E-state index in [4.69, 9.17) is 0 Å². The lowest BCUT2D eigenvalue weighted by Crippen LogP contribution is -2.39. The standard InChI is InChI=1S/C14H18BrIN2O/c1-18(9-10-3-2-6-17-8-10)14(19)12-7-11(15)4-5-13(12)16/h4-5,7,10,17H,2-3,6,8-9H2,1H3. The number of carbonyl (C=O) groups excluding carboxylic acids is 1. The van der Waals surface area contributed by atoms with Crippen molar-refractivity contribution in [3.63, 3.8) is 0 Å². The highest BCUT2D eigenvalue weighted by Gasteiger charge is 2.20. The summed E-state index contributed by atoms with van der Waals surface area (Å²) in [5.41, 5.74) is 0.779. The fraction of sp³-hybridized carbons (Fsp3) is 0.500. The van der Waals surface area contributed by atoms with E-state index in [1.807, 2.05) is 30.1 Å². The Hall–Kier alpha value is -0.140. The molecule has 1 saturated heterocycles. The molecule has 0 bridgehead atoms. The Morgan fingerprint density at radius 2 is 2.37 bits per heavy atom. The van der Waals surface area contributed by atoms with Gasteiger partial charge in [0.2, 0.25) is 0 Å². The molecule has 0 aliphatic carbocycles. The number of halogens is 2. The van der Waals surface area contributed by atoms with E-state index in [-0.39, 0.29) is 5.91 Å². The minimum absolute atomic E-state index is 0.108. The third-order valence-electron chi connectivity index (χ3n) is 3.44. The summed E-state index contributed by atoms with van der Waals surface area (Å²) in [5, 5.41) is 3.39. The Labute approximate surface area is 136 Å². The SMILES string of the molecule is CN(CC1CCCNC1)C(=O)c1cc(Br)ccc1I. The second kappa shape index (κ2) is 7.04. The molecule has 104 valence electrons. The molecule has 1 N–H and O–H groups in total. The third kappa shape index (κ3) is 4.16. The van der Waals surface area contributed by atoms with Gasteiger partial charge < -0.3 is 10.2 Å². The van der Waals surface area contributed by atoms with Crippen molar-refractivity contribution in [3.8, 4) is 0 Å². The number of piperidine rings is 1. The van der Waals surface area contributed by atoms with Gasteiger partial charge in [0.25, 0.3) is 5.91 Å². The summed E-state index contributed by atoms with van der Waals surface area (Å²) < 4.78 is 1.95. The molecule has 1 heterocycles. The molecule has 1 aliphatic rings. The van der Waals surface area contributed by atoms with Crippen LogP contribution in [0.4, 0.5) is 0 Å². The lowest BCUT2D eigenvalue weighted by molar-refractivity contribution is 0.0763. The molecule has 1 unspecified atom stereocenters. The van der Waals surface area contributed by atoms with Crippen LogP contribution in [0.25, 0.3) is 0 Å². The van der Waals surface area contributed by atoms with Crippen LogP contribution in [0.3, 0.4) is 0 Å². The maximum Gasteiger partial charge on any atom is 0.254 e. The Morgan fingerprint density at radius 1 is 1.58 bits per heavy atom. The van der Waals surface area contributed by atoms with E-state index in [9.17, 15) is 4.79 Å². The third-order valence-corrected chi connectivity index (χ3v) is 4.87. The molecule has 2 rings (SSSR count). The normalized spacial score (nSPS) is 19.2. The van der Waals surface area contributed by atoms with Crippen molar-refractivity contribution < 1.29 is 4.79 Å². The van der Waals surface area contributed by atoms with Crippen molar-refractivity contribution in [2.75, 3.05) is 26.7 Å². The second-order valence-corrected chi connectivity index (χ2v) is 7.10. The lowest BCUT2D eigenvalue weighted by Gasteiger charge is -2.28. The van der Waals surface area contributed by atoms with Gasteiger partial charge in [-0.2, -0.15) is 0 Å². The van der Waals surface area contributed by atoms with Crippen LogP contribution >= 0.6 is 38.5 Å². The average molecular weight is 437 g/mol. The van der Waals surface area contributed by atoms with Gasteiger partial charge in [0.15, 0.2) is 0 Å². The van der Waals surface area contributed by atoms with Crippen molar-refractivity contribution in [1.29, 1.82) is 0 Å². The molecule has 1 fully saturated rings. The Morgan fingerprint density at radius 3 is 3.05 bits per heavy atom. The molecule has 0 radical (unpaired) electrons. The fourth-order valence-corrected chi connectivity index (χ4v) is 3.34. The van der Waals surface area contributed by atoms with E-state index >= 15 is 0 Å². The van der Waals surface area contributed by atoms with Gasteiger partial charge in [0.1, 0.15) is 0 Å². The van der Waals surface area contributed by atoms with Crippen molar-refractivity contribution in [2.24, 2.45) is 5.92 Å². The number of amides is 1. The molecule has 0 aromatic heterocycles. The van der Waals surface area contributed by atoms with Crippen LogP contribution in [0.5, 0.6) is 0 Å². The Kier molecular flexibility index (Phi) is 5.65. The van der Waals surface area contributed by atoms with Crippen LogP contribution in [0.15, 0.2) is 22.7 Å². The maximum absolute atomic E-state index is 12.5. The van der Waals surface area contributed by atoms with Crippen LogP contribution in [-0.2, 0) is 0 Å². The van der Waals surface area contributed by atoms with Gasteiger partial charge in [0.05, 0.1) is 5.56 Å². The Balaban J connectivity index is 2.03. The molecule has 1 atom stereocenters. The average Bonchev–Trinajstić information content (AvgIpc) is 2.42. The summed E-state index contributed by atoms with van der Waals surface area (Å²) in [6.45, 7) is 2.96. The second-order valence-electron chi connectivity index (χ2n) is 5.02. The lowest BCUT2D eigenvalue weighted by atomic mass is 9.99. The van der Waals surface area contributed by atoms with E-state index in [0.29, 0.717) is 5.92 Å². The Bertz CT molecular complexity index is 461. The first-order valence-electron chi connectivity index (χ1n) is 6.49. The summed E-state index contributed by atoms with van der Waals surface area (Å²) in [4.78, 5) is 14.3. The van der Waals surface area contributed by atoms with E-state index in [1.165, 1.54) is 12.8 Å². The van der Waals surface area contributed by atoms with Crippen LogP contribution < -0.4 is 5.32 Å². The summed E-state index contributed by atoms with van der Waals surface area (Å²) in [6, 6.07) is 5.83. The maximum atomic E-state index is 12.5. The smallest absolute Gasteiger partial charge is 0.254 e. The first-order chi connectivity index (χ1) is 9.08. The molecule has 3 nitrogen and oxygen atoms in total. The zero-order chi connectivity index (χ0) is 13.8. The van der Waals surface area contributed by atoms with Gasteiger partial charge in [0, 0.05) is 21.6 Å². The highest BCUT2D eigenvalue weighted by molar-refractivity contribution is 14.1. The molecular weight excluding hydrogens is 419 g/mol. The first kappa shape index (κ1) is 15.3. The van der Waals surface area contributed by atoms with Gasteiger partial charge in [-0.3, -0.25) is 4.79 Å². The number of nitrogens with one attached hydrogen (secondary N) is 1. The van der Waals surface area contributed by atoms with Crippen molar-refractivity contribution in [3.05, 3.63) is 31.8 Å². The summed E-state index contributed by atoms with van der Waals surface area (Å²) in [7, 11) is 1.90. The minimum atomic E-state index is 0.108. The van der Waals surface area contributed by atoms with Crippen molar-refractivity contribution in [2.45, 2.75) is 12.8 Å². The van der Waals surface area contributed by atoms with Crippen molar-refractivity contribution >= 4 is 44.4 Å². The predicted octanol–water partition coefficient (Wildman–Crippen LogP) is 3.13. The molecular formula is C14H18BrIN2O. The molecule has 1 aromatic carbocycles. The largest absolute Gasteiger partial charge is 0.341 e. The zero-order valence-electron chi connectivity index (χ0n) is 11.0. The number of nitrogens with zero attached hydrogens (tertiary/aromatic N) is 1. The molecule has 5 heteroatoms. The monoisotopic (exact) mass is 436 g/mol. The van der Waals surface area contributed by atoms with Gasteiger partial charge in [-0.15, -0.1) is 0 Å².